The molecule has 2 aromatic rings. The van der Waals surface area contributed by atoms with Crippen molar-refractivity contribution in [1.29, 1.82) is 0 Å². The van der Waals surface area contributed by atoms with Gasteiger partial charge in [-0.25, -0.2) is 4.79 Å². The van der Waals surface area contributed by atoms with Gasteiger partial charge < -0.3 is 28.9 Å². The van der Waals surface area contributed by atoms with Gasteiger partial charge in [0.2, 0.25) is 5.91 Å². The summed E-state index contributed by atoms with van der Waals surface area (Å²) >= 11 is 0. The molecule has 0 spiro atoms. The number of methoxy groups -OCH3 is 1. The fourth-order valence-corrected chi connectivity index (χ4v) is 5.83. The molecule has 0 aliphatic carbocycles. The quantitative estimate of drug-likeness (QED) is 0.482. The minimum atomic E-state index is -0.327. The summed E-state index contributed by atoms with van der Waals surface area (Å²) in [5.41, 5.74) is 2.38. The first-order chi connectivity index (χ1) is 19.8. The second-order valence-electron chi connectivity index (χ2n) is 11.2. The summed E-state index contributed by atoms with van der Waals surface area (Å²) in [6.07, 6.45) is 3.06. The number of carbonyl (C=O) groups excluding carboxylic acids is 3. The first-order valence-corrected chi connectivity index (χ1v) is 14.4. The standard InChI is InChI=1S/C31H40N4O6/c1-32(2)15-14-29(36)33-18-12-24(13-19-33)41-25-8-9-26(28(20-25)39-3)30(37)34-16-10-23(11-17-34)35-27-7-5-4-6-22(27)21-40-31(35)38/h4-9,20,23-24H,10-19,21H2,1-3H3. The molecule has 3 amide bonds. The van der Waals surface area contributed by atoms with Gasteiger partial charge in [0.25, 0.3) is 5.91 Å². The third-order valence-electron chi connectivity index (χ3n) is 8.19. The maximum atomic E-state index is 13.5. The van der Waals surface area contributed by atoms with Crippen molar-refractivity contribution in [1.82, 2.24) is 14.7 Å². The summed E-state index contributed by atoms with van der Waals surface area (Å²) in [6, 6.07) is 13.1. The van der Waals surface area contributed by atoms with Crippen molar-refractivity contribution in [3.8, 4) is 11.5 Å². The first-order valence-electron chi connectivity index (χ1n) is 14.4. The Bertz CT molecular complexity index is 1250. The molecule has 2 fully saturated rings. The van der Waals surface area contributed by atoms with Gasteiger partial charge in [-0.05, 0) is 45.1 Å². The Morgan fingerprint density at radius 3 is 2.39 bits per heavy atom. The number of likely N-dealkylation sites (tertiary alicyclic amines) is 2. The van der Waals surface area contributed by atoms with Crippen LogP contribution in [0.2, 0.25) is 0 Å². The second-order valence-corrected chi connectivity index (χ2v) is 11.2. The molecule has 2 aromatic carbocycles. The first kappa shape index (κ1) is 28.7. The van der Waals surface area contributed by atoms with Crippen molar-refractivity contribution in [2.45, 2.75) is 50.9 Å². The monoisotopic (exact) mass is 564 g/mol. The molecule has 0 N–H and O–H groups in total. The van der Waals surface area contributed by atoms with E-state index in [1.807, 2.05) is 59.1 Å². The number of amides is 3. The molecule has 3 heterocycles. The lowest BCUT2D eigenvalue weighted by molar-refractivity contribution is -0.133. The molecular weight excluding hydrogens is 524 g/mol. The molecule has 3 aliphatic heterocycles. The molecule has 3 aliphatic rings. The number of nitrogens with zero attached hydrogens (tertiary/aromatic N) is 4. The predicted octanol–water partition coefficient (Wildman–Crippen LogP) is 3.78. The molecule has 220 valence electrons. The average Bonchev–Trinajstić information content (AvgIpc) is 3.00. The van der Waals surface area contributed by atoms with E-state index in [1.165, 1.54) is 0 Å². The Morgan fingerprint density at radius 1 is 0.976 bits per heavy atom. The third kappa shape index (κ3) is 6.59. The van der Waals surface area contributed by atoms with E-state index in [4.69, 9.17) is 14.2 Å². The molecule has 41 heavy (non-hydrogen) atoms. The highest BCUT2D eigenvalue weighted by atomic mass is 16.6. The number of carbonyl (C=O) groups is 3. The summed E-state index contributed by atoms with van der Waals surface area (Å²) < 4.78 is 17.2. The van der Waals surface area contributed by atoms with E-state index in [9.17, 15) is 14.4 Å². The second kappa shape index (κ2) is 12.8. The molecule has 2 saturated heterocycles. The van der Waals surface area contributed by atoms with E-state index in [0.29, 0.717) is 62.5 Å². The number of fused-ring (bicyclic) bond motifs is 1. The largest absolute Gasteiger partial charge is 0.496 e. The van der Waals surface area contributed by atoms with Gasteiger partial charge in [-0.3, -0.25) is 14.5 Å². The molecular formula is C31H40N4O6. The van der Waals surface area contributed by atoms with Gasteiger partial charge in [-0.15, -0.1) is 0 Å². The van der Waals surface area contributed by atoms with Crippen LogP contribution in [0.5, 0.6) is 11.5 Å². The molecule has 0 bridgehead atoms. The van der Waals surface area contributed by atoms with Gasteiger partial charge in [-0.1, -0.05) is 18.2 Å². The van der Waals surface area contributed by atoms with Crippen LogP contribution in [-0.2, 0) is 16.1 Å². The van der Waals surface area contributed by atoms with Crippen LogP contribution in [0.1, 0.15) is 48.0 Å². The molecule has 5 rings (SSSR count). The number of hydrogen-bond donors (Lipinski definition) is 0. The summed E-state index contributed by atoms with van der Waals surface area (Å²) in [7, 11) is 5.49. The summed E-state index contributed by atoms with van der Waals surface area (Å²) in [4.78, 5) is 46.0. The minimum absolute atomic E-state index is 0.00444. The van der Waals surface area contributed by atoms with Crippen molar-refractivity contribution in [3.63, 3.8) is 0 Å². The molecule has 10 nitrogen and oxygen atoms in total. The lowest BCUT2D eigenvalue weighted by Gasteiger charge is -2.40. The van der Waals surface area contributed by atoms with E-state index in [-0.39, 0.29) is 36.7 Å². The summed E-state index contributed by atoms with van der Waals surface area (Å²) in [5, 5.41) is 0. The van der Waals surface area contributed by atoms with E-state index in [2.05, 4.69) is 0 Å². The predicted molar refractivity (Wildman–Crippen MR) is 154 cm³/mol. The highest BCUT2D eigenvalue weighted by molar-refractivity contribution is 5.97. The fraction of sp³-hybridized carbons (Fsp3) is 0.516. The average molecular weight is 565 g/mol. The lowest BCUT2D eigenvalue weighted by atomic mass is 10.00. The number of piperidine rings is 2. The van der Waals surface area contributed by atoms with Crippen LogP contribution in [0.4, 0.5) is 10.5 Å². The maximum Gasteiger partial charge on any atom is 0.414 e. The van der Waals surface area contributed by atoms with Crippen LogP contribution < -0.4 is 14.4 Å². The molecule has 0 atom stereocenters. The van der Waals surface area contributed by atoms with Gasteiger partial charge in [-0.2, -0.15) is 0 Å². The third-order valence-corrected chi connectivity index (χ3v) is 8.19. The lowest BCUT2D eigenvalue weighted by Crippen LogP contribution is -2.50. The molecule has 0 unspecified atom stereocenters. The van der Waals surface area contributed by atoms with Gasteiger partial charge in [0.05, 0.1) is 18.4 Å². The van der Waals surface area contributed by atoms with Crippen LogP contribution in [-0.4, -0.2) is 98.7 Å². The number of benzene rings is 2. The maximum absolute atomic E-state index is 13.5. The zero-order chi connectivity index (χ0) is 28.9. The number of cyclic esters (lactones) is 1. The molecule has 0 aromatic heterocycles. The highest BCUT2D eigenvalue weighted by Gasteiger charge is 2.35. The Balaban J connectivity index is 1.16. The van der Waals surface area contributed by atoms with Crippen molar-refractivity contribution >= 4 is 23.6 Å². The number of hydrogen-bond acceptors (Lipinski definition) is 7. The van der Waals surface area contributed by atoms with Crippen molar-refractivity contribution in [2.24, 2.45) is 0 Å². The van der Waals surface area contributed by atoms with Gasteiger partial charge in [0.15, 0.2) is 0 Å². The van der Waals surface area contributed by atoms with Crippen LogP contribution in [0.3, 0.4) is 0 Å². The normalized spacial score (nSPS) is 18.2. The topological polar surface area (TPSA) is 91.9 Å². The number of ether oxygens (including phenoxy) is 3. The van der Waals surface area contributed by atoms with Crippen molar-refractivity contribution < 1.29 is 28.6 Å². The SMILES string of the molecule is COc1cc(OC2CCN(C(=O)CCN(C)C)CC2)ccc1C(=O)N1CCC(N2C(=O)OCc3ccccc32)CC1. The van der Waals surface area contributed by atoms with E-state index in [0.717, 1.165) is 30.6 Å². The Kier molecular flexibility index (Phi) is 8.97. The smallest absolute Gasteiger partial charge is 0.414 e. The van der Waals surface area contributed by atoms with Crippen molar-refractivity contribution in [3.05, 3.63) is 53.6 Å². The van der Waals surface area contributed by atoms with E-state index < -0.39 is 0 Å². The van der Waals surface area contributed by atoms with Gasteiger partial charge in [0.1, 0.15) is 24.2 Å². The van der Waals surface area contributed by atoms with Crippen LogP contribution in [0.25, 0.3) is 0 Å². The Hall–Kier alpha value is -3.79. The van der Waals surface area contributed by atoms with Crippen LogP contribution >= 0.6 is 0 Å². The zero-order valence-corrected chi connectivity index (χ0v) is 24.2. The van der Waals surface area contributed by atoms with Gasteiger partial charge in [0, 0.05) is 69.7 Å². The molecule has 10 heteroatoms. The number of rotatable bonds is 8. The van der Waals surface area contributed by atoms with Crippen molar-refractivity contribution in [2.75, 3.05) is 58.8 Å². The Labute approximate surface area is 241 Å². The molecule has 0 saturated carbocycles. The summed E-state index contributed by atoms with van der Waals surface area (Å²) in [6.45, 7) is 3.46. The molecule has 0 radical (unpaired) electrons. The fourth-order valence-electron chi connectivity index (χ4n) is 5.83. The number of para-hydroxylation sites is 1. The highest BCUT2D eigenvalue weighted by Crippen LogP contribution is 2.33. The van der Waals surface area contributed by atoms with E-state index in [1.54, 1.807) is 24.1 Å². The number of anilines is 1. The summed E-state index contributed by atoms with van der Waals surface area (Å²) in [5.74, 6) is 1.21. The minimum Gasteiger partial charge on any atom is -0.496 e. The zero-order valence-electron chi connectivity index (χ0n) is 24.2. The van der Waals surface area contributed by atoms with Crippen LogP contribution in [0, 0.1) is 0 Å². The Morgan fingerprint density at radius 2 is 1.68 bits per heavy atom. The van der Waals surface area contributed by atoms with E-state index >= 15 is 0 Å². The van der Waals surface area contributed by atoms with Gasteiger partial charge >= 0.3 is 6.09 Å². The van der Waals surface area contributed by atoms with Crippen LogP contribution in [0.15, 0.2) is 42.5 Å².